The summed E-state index contributed by atoms with van der Waals surface area (Å²) in [6, 6.07) is 7.81. The summed E-state index contributed by atoms with van der Waals surface area (Å²) in [5.74, 6) is 3.63. The zero-order valence-corrected chi connectivity index (χ0v) is 23.0. The van der Waals surface area contributed by atoms with Gasteiger partial charge in [0.1, 0.15) is 11.4 Å². The van der Waals surface area contributed by atoms with Crippen molar-refractivity contribution >= 4 is 17.7 Å². The van der Waals surface area contributed by atoms with Gasteiger partial charge in [-0.15, -0.1) is 0 Å². The number of benzene rings is 1. The standard InChI is InChI=1S/C30H45N3O4/c1-29(2,3)37-28(35)33-12-10-32(11-13-33)9-4-5-14-36-26-8-6-7-25(17-26)31-27(34)21-30-18-22-15-23(19-30)24(16-22)20-30/h6-8,17,22-24H,4-5,9-16,18-21H2,1-3H3,(H,31,34). The number of nitrogens with zero attached hydrogens (tertiary/aromatic N) is 2. The predicted molar refractivity (Wildman–Crippen MR) is 145 cm³/mol. The smallest absolute Gasteiger partial charge is 0.410 e. The maximum Gasteiger partial charge on any atom is 0.410 e. The van der Waals surface area contributed by atoms with E-state index in [2.05, 4.69) is 10.2 Å². The van der Waals surface area contributed by atoms with Crippen molar-refractivity contribution in [3.63, 3.8) is 0 Å². The molecule has 1 saturated heterocycles. The third-order valence-electron chi connectivity index (χ3n) is 8.87. The highest BCUT2D eigenvalue weighted by molar-refractivity contribution is 5.91. The van der Waals surface area contributed by atoms with E-state index in [9.17, 15) is 9.59 Å². The van der Waals surface area contributed by atoms with Crippen LogP contribution >= 0.6 is 0 Å². The molecule has 204 valence electrons. The van der Waals surface area contributed by atoms with E-state index in [0.717, 1.165) is 61.7 Å². The summed E-state index contributed by atoms with van der Waals surface area (Å²) in [5, 5.41) is 3.14. The molecule has 37 heavy (non-hydrogen) atoms. The highest BCUT2D eigenvalue weighted by Gasteiger charge is 2.56. The average Bonchev–Trinajstić information content (AvgIpc) is 3.23. The summed E-state index contributed by atoms with van der Waals surface area (Å²) in [4.78, 5) is 29.3. The lowest BCUT2D eigenvalue weighted by molar-refractivity contribution is -0.119. The van der Waals surface area contributed by atoms with Crippen LogP contribution in [0.1, 0.15) is 72.1 Å². The van der Waals surface area contributed by atoms with Gasteiger partial charge in [-0.2, -0.15) is 0 Å². The van der Waals surface area contributed by atoms with E-state index >= 15 is 0 Å². The number of unbranched alkanes of at least 4 members (excludes halogenated alkanes) is 1. The minimum atomic E-state index is -0.450. The van der Waals surface area contributed by atoms with Gasteiger partial charge in [0.25, 0.3) is 0 Å². The topological polar surface area (TPSA) is 71.1 Å². The lowest BCUT2D eigenvalue weighted by Gasteiger charge is -2.37. The molecule has 1 aromatic rings. The van der Waals surface area contributed by atoms with Crippen LogP contribution in [-0.2, 0) is 9.53 Å². The van der Waals surface area contributed by atoms with Crippen LogP contribution in [0.25, 0.3) is 0 Å². The predicted octanol–water partition coefficient (Wildman–Crippen LogP) is 5.55. The number of ether oxygens (including phenoxy) is 2. The van der Waals surface area contributed by atoms with E-state index in [4.69, 9.17) is 9.47 Å². The lowest BCUT2D eigenvalue weighted by Crippen LogP contribution is -2.50. The van der Waals surface area contributed by atoms with Gasteiger partial charge in [-0.05, 0) is 108 Å². The molecule has 7 heteroatoms. The molecule has 5 fully saturated rings. The number of hydrogen-bond acceptors (Lipinski definition) is 5. The van der Waals surface area contributed by atoms with Crippen molar-refractivity contribution in [1.82, 2.24) is 9.80 Å². The van der Waals surface area contributed by atoms with Crippen LogP contribution in [-0.4, -0.2) is 66.7 Å². The quantitative estimate of drug-likeness (QED) is 0.440. The summed E-state index contributed by atoms with van der Waals surface area (Å²) >= 11 is 0. The molecule has 0 aromatic heterocycles. The molecule has 0 radical (unpaired) electrons. The molecule has 0 spiro atoms. The molecule has 5 aliphatic rings. The van der Waals surface area contributed by atoms with E-state index in [0.29, 0.717) is 26.1 Å². The largest absolute Gasteiger partial charge is 0.494 e. The maximum absolute atomic E-state index is 12.9. The highest BCUT2D eigenvalue weighted by atomic mass is 16.6. The third-order valence-corrected chi connectivity index (χ3v) is 8.87. The van der Waals surface area contributed by atoms with Gasteiger partial charge in [0.05, 0.1) is 6.61 Å². The Morgan fingerprint density at radius 1 is 1.03 bits per heavy atom. The Morgan fingerprint density at radius 3 is 2.43 bits per heavy atom. The molecule has 4 saturated carbocycles. The van der Waals surface area contributed by atoms with Gasteiger partial charge in [0.2, 0.25) is 5.91 Å². The Hall–Kier alpha value is -2.28. The SMILES string of the molecule is CC(C)(C)OC(=O)N1CCN(CCCCOc2cccc(NC(=O)CC34CC5CC(C3)C(C5)C4)c2)CC1. The Labute approximate surface area is 222 Å². The van der Waals surface area contributed by atoms with E-state index < -0.39 is 5.60 Å². The monoisotopic (exact) mass is 511 g/mol. The number of amides is 2. The van der Waals surface area contributed by atoms with Crippen LogP contribution in [0.15, 0.2) is 24.3 Å². The average molecular weight is 512 g/mol. The number of rotatable bonds is 9. The van der Waals surface area contributed by atoms with Gasteiger partial charge in [-0.1, -0.05) is 6.07 Å². The van der Waals surface area contributed by atoms with Crippen molar-refractivity contribution in [2.75, 3.05) is 44.6 Å². The van der Waals surface area contributed by atoms with Crippen molar-refractivity contribution in [1.29, 1.82) is 0 Å². The molecule has 1 N–H and O–H groups in total. The minimum Gasteiger partial charge on any atom is -0.494 e. The number of carbonyl (C=O) groups excluding carboxylic acids is 2. The fourth-order valence-electron chi connectivity index (χ4n) is 7.51. The van der Waals surface area contributed by atoms with Crippen LogP contribution in [0.2, 0.25) is 0 Å². The first-order chi connectivity index (χ1) is 17.7. The van der Waals surface area contributed by atoms with Gasteiger partial charge in [0, 0.05) is 44.4 Å². The first-order valence-corrected chi connectivity index (χ1v) is 14.4. The van der Waals surface area contributed by atoms with Crippen LogP contribution in [0.3, 0.4) is 0 Å². The Morgan fingerprint density at radius 2 is 1.76 bits per heavy atom. The number of nitrogens with one attached hydrogen (secondary N) is 1. The van der Waals surface area contributed by atoms with Gasteiger partial charge < -0.3 is 19.7 Å². The van der Waals surface area contributed by atoms with Crippen LogP contribution in [0.5, 0.6) is 5.75 Å². The summed E-state index contributed by atoms with van der Waals surface area (Å²) in [7, 11) is 0. The molecule has 7 nitrogen and oxygen atoms in total. The number of piperazine rings is 1. The molecule has 1 aliphatic heterocycles. The molecular weight excluding hydrogens is 466 g/mol. The molecule has 2 amide bonds. The Bertz CT molecular complexity index is 946. The van der Waals surface area contributed by atoms with Crippen molar-refractivity contribution < 1.29 is 19.1 Å². The highest BCUT2D eigenvalue weighted by Crippen LogP contribution is 2.65. The van der Waals surface area contributed by atoms with Gasteiger partial charge in [-0.25, -0.2) is 4.79 Å². The van der Waals surface area contributed by atoms with Crippen LogP contribution in [0, 0.1) is 23.2 Å². The second-order valence-corrected chi connectivity index (χ2v) is 13.1. The van der Waals surface area contributed by atoms with Crippen molar-refractivity contribution in [2.45, 2.75) is 77.7 Å². The lowest BCUT2D eigenvalue weighted by atomic mass is 9.67. The molecule has 1 heterocycles. The zero-order valence-electron chi connectivity index (χ0n) is 23.0. The van der Waals surface area contributed by atoms with Gasteiger partial charge in [0.15, 0.2) is 0 Å². The molecule has 1 aromatic carbocycles. The first-order valence-electron chi connectivity index (χ1n) is 14.4. The normalized spacial score (nSPS) is 28.9. The molecule has 2 unspecified atom stereocenters. The molecule has 2 atom stereocenters. The number of carbonyl (C=O) groups is 2. The van der Waals surface area contributed by atoms with E-state index in [-0.39, 0.29) is 17.4 Å². The molecular formula is C30H45N3O4. The summed E-state index contributed by atoms with van der Waals surface area (Å²) in [5.41, 5.74) is 0.655. The zero-order chi connectivity index (χ0) is 26.0. The van der Waals surface area contributed by atoms with Gasteiger partial charge in [-0.3, -0.25) is 9.69 Å². The Balaban J connectivity index is 0.973. The van der Waals surface area contributed by atoms with Crippen LogP contribution in [0.4, 0.5) is 10.5 Å². The summed E-state index contributed by atoms with van der Waals surface area (Å²) in [6.45, 7) is 10.6. The second-order valence-electron chi connectivity index (χ2n) is 13.1. The summed E-state index contributed by atoms with van der Waals surface area (Å²) in [6.07, 6.45) is 9.10. The second kappa shape index (κ2) is 10.8. The summed E-state index contributed by atoms with van der Waals surface area (Å²) < 4.78 is 11.5. The number of anilines is 1. The number of hydrogen-bond donors (Lipinski definition) is 1. The first kappa shape index (κ1) is 26.3. The van der Waals surface area contributed by atoms with Crippen molar-refractivity contribution in [2.24, 2.45) is 23.2 Å². The van der Waals surface area contributed by atoms with Crippen LogP contribution < -0.4 is 10.1 Å². The van der Waals surface area contributed by atoms with Crippen molar-refractivity contribution in [3.8, 4) is 5.75 Å². The van der Waals surface area contributed by atoms with E-state index in [1.165, 1.54) is 32.1 Å². The molecule has 4 bridgehead atoms. The molecule has 4 aliphatic carbocycles. The fourth-order valence-corrected chi connectivity index (χ4v) is 7.51. The van der Waals surface area contributed by atoms with Crippen molar-refractivity contribution in [3.05, 3.63) is 24.3 Å². The minimum absolute atomic E-state index is 0.158. The van der Waals surface area contributed by atoms with E-state index in [1.54, 1.807) is 4.90 Å². The van der Waals surface area contributed by atoms with E-state index in [1.807, 2.05) is 45.0 Å². The fraction of sp³-hybridized carbons (Fsp3) is 0.733. The maximum atomic E-state index is 12.9. The molecule has 6 rings (SSSR count). The third kappa shape index (κ3) is 6.78. The Kier molecular flexibility index (Phi) is 7.71. The van der Waals surface area contributed by atoms with Gasteiger partial charge >= 0.3 is 6.09 Å².